The number of carboxylic acid groups (broad SMARTS) is 1. The fourth-order valence-corrected chi connectivity index (χ4v) is 5.85. The smallest absolute Gasteiger partial charge is 0.345 e. The van der Waals surface area contributed by atoms with Crippen molar-refractivity contribution in [3.05, 3.63) is 14.7 Å². The first-order valence-corrected chi connectivity index (χ1v) is 8.65. The summed E-state index contributed by atoms with van der Waals surface area (Å²) in [5, 5.41) is 8.90. The van der Waals surface area contributed by atoms with Gasteiger partial charge in [0.2, 0.25) is 10.0 Å². The quantitative estimate of drug-likeness (QED) is 0.837. The molecule has 1 unspecified atom stereocenters. The minimum atomic E-state index is -3.68. The summed E-state index contributed by atoms with van der Waals surface area (Å²) in [6.45, 7) is 0.688. The Morgan fingerprint density at radius 3 is 2.79 bits per heavy atom. The van der Waals surface area contributed by atoms with E-state index < -0.39 is 16.0 Å². The van der Waals surface area contributed by atoms with E-state index in [1.54, 1.807) is 0 Å². The molecule has 1 saturated heterocycles. The van der Waals surface area contributed by atoms with Gasteiger partial charge in [0.1, 0.15) is 9.77 Å². The van der Waals surface area contributed by atoms with Crippen LogP contribution in [0.25, 0.3) is 0 Å². The van der Waals surface area contributed by atoms with Crippen molar-refractivity contribution < 1.29 is 18.3 Å². The van der Waals surface area contributed by atoms with Crippen LogP contribution in [0.5, 0.6) is 0 Å². The molecular weight excluding hydrogens is 356 g/mol. The standard InChI is InChI=1S/C10H13BrN2O4S2/c11-9-8(4-7(18-9)10(14)15)19(16,17)13-3-1-2-6(12)5-13/h4,6H,1-3,5,12H2,(H,14,15). The van der Waals surface area contributed by atoms with E-state index in [0.717, 1.165) is 17.8 Å². The van der Waals surface area contributed by atoms with Gasteiger partial charge in [0.25, 0.3) is 0 Å². The molecule has 0 saturated carbocycles. The van der Waals surface area contributed by atoms with Crippen molar-refractivity contribution >= 4 is 43.3 Å². The monoisotopic (exact) mass is 368 g/mol. The molecule has 2 heterocycles. The van der Waals surface area contributed by atoms with Crippen LogP contribution in [0.2, 0.25) is 0 Å². The largest absolute Gasteiger partial charge is 0.477 e. The molecule has 0 radical (unpaired) electrons. The lowest BCUT2D eigenvalue weighted by Gasteiger charge is -2.29. The number of nitrogens with zero attached hydrogens (tertiary/aromatic N) is 1. The molecule has 3 N–H and O–H groups in total. The average molecular weight is 369 g/mol. The average Bonchev–Trinajstić information content (AvgIpc) is 2.72. The van der Waals surface area contributed by atoms with Crippen LogP contribution in [0, 0.1) is 0 Å². The second kappa shape index (κ2) is 5.49. The molecule has 19 heavy (non-hydrogen) atoms. The van der Waals surface area contributed by atoms with Crippen LogP contribution in [0.4, 0.5) is 0 Å². The number of hydrogen-bond donors (Lipinski definition) is 2. The highest BCUT2D eigenvalue weighted by molar-refractivity contribution is 9.11. The van der Waals surface area contributed by atoms with Gasteiger partial charge in [0, 0.05) is 19.1 Å². The zero-order chi connectivity index (χ0) is 14.2. The summed E-state index contributed by atoms with van der Waals surface area (Å²) in [5.41, 5.74) is 5.78. The summed E-state index contributed by atoms with van der Waals surface area (Å²) in [4.78, 5) is 10.9. The van der Waals surface area contributed by atoms with Gasteiger partial charge < -0.3 is 10.8 Å². The molecule has 0 amide bonds. The van der Waals surface area contributed by atoms with Gasteiger partial charge in [-0.2, -0.15) is 4.31 Å². The van der Waals surface area contributed by atoms with Crippen molar-refractivity contribution in [3.8, 4) is 0 Å². The number of carboxylic acids is 1. The van der Waals surface area contributed by atoms with Crippen LogP contribution < -0.4 is 5.73 Å². The number of thiophene rings is 1. The van der Waals surface area contributed by atoms with Gasteiger partial charge in [-0.3, -0.25) is 0 Å². The lowest BCUT2D eigenvalue weighted by Crippen LogP contribution is -2.45. The Morgan fingerprint density at radius 1 is 1.58 bits per heavy atom. The SMILES string of the molecule is NC1CCCN(S(=O)(=O)c2cc(C(=O)O)sc2Br)C1. The second-order valence-corrected chi connectivity index (χ2v) is 8.60. The van der Waals surface area contributed by atoms with Crippen LogP contribution in [-0.4, -0.2) is 42.9 Å². The van der Waals surface area contributed by atoms with Crippen molar-refractivity contribution in [1.82, 2.24) is 4.31 Å². The zero-order valence-electron chi connectivity index (χ0n) is 9.87. The Hall–Kier alpha value is -0.480. The number of sulfonamides is 1. The van der Waals surface area contributed by atoms with Gasteiger partial charge in [-0.05, 0) is 34.8 Å². The number of aromatic carboxylic acids is 1. The van der Waals surface area contributed by atoms with E-state index in [4.69, 9.17) is 10.8 Å². The van der Waals surface area contributed by atoms with Crippen molar-refractivity contribution in [2.75, 3.05) is 13.1 Å². The van der Waals surface area contributed by atoms with Crippen LogP contribution in [0.15, 0.2) is 14.7 Å². The molecule has 0 bridgehead atoms. The zero-order valence-corrected chi connectivity index (χ0v) is 13.1. The summed E-state index contributed by atoms with van der Waals surface area (Å²) in [7, 11) is -3.68. The maximum Gasteiger partial charge on any atom is 0.345 e. The van der Waals surface area contributed by atoms with Crippen LogP contribution in [0.1, 0.15) is 22.5 Å². The Bertz CT molecular complexity index is 599. The summed E-state index contributed by atoms with van der Waals surface area (Å²) in [6.07, 6.45) is 1.52. The third kappa shape index (κ3) is 3.00. The summed E-state index contributed by atoms with van der Waals surface area (Å²) in [6, 6.07) is 1.02. The fourth-order valence-electron chi connectivity index (χ4n) is 1.96. The molecule has 1 fully saturated rings. The van der Waals surface area contributed by atoms with Gasteiger partial charge in [0.05, 0.1) is 3.79 Å². The van der Waals surface area contributed by atoms with Crippen molar-refractivity contribution in [2.24, 2.45) is 5.73 Å². The molecular formula is C10H13BrN2O4S2. The molecule has 106 valence electrons. The molecule has 0 aliphatic carbocycles. The molecule has 1 aromatic rings. The van der Waals surface area contributed by atoms with E-state index in [2.05, 4.69) is 15.9 Å². The van der Waals surface area contributed by atoms with Gasteiger partial charge in [0.15, 0.2) is 0 Å². The van der Waals surface area contributed by atoms with E-state index in [1.807, 2.05) is 0 Å². The van der Waals surface area contributed by atoms with Crippen molar-refractivity contribution in [1.29, 1.82) is 0 Å². The minimum Gasteiger partial charge on any atom is -0.477 e. The number of nitrogens with two attached hydrogens (primary N) is 1. The topological polar surface area (TPSA) is 101 Å². The lowest BCUT2D eigenvalue weighted by atomic mass is 10.1. The molecule has 1 aliphatic heterocycles. The van der Waals surface area contributed by atoms with Crippen LogP contribution >= 0.6 is 27.3 Å². The van der Waals surface area contributed by atoms with E-state index in [1.165, 1.54) is 10.4 Å². The van der Waals surface area contributed by atoms with Gasteiger partial charge in [-0.15, -0.1) is 11.3 Å². The predicted molar refractivity (Wildman–Crippen MR) is 74.9 cm³/mol. The molecule has 1 atom stereocenters. The Labute approximate surface area is 123 Å². The Balaban J connectivity index is 2.36. The van der Waals surface area contributed by atoms with Crippen LogP contribution in [0.3, 0.4) is 0 Å². The molecule has 1 aliphatic rings. The number of rotatable bonds is 3. The van der Waals surface area contributed by atoms with Crippen molar-refractivity contribution in [2.45, 2.75) is 23.8 Å². The van der Waals surface area contributed by atoms with Crippen molar-refractivity contribution in [3.63, 3.8) is 0 Å². The molecule has 9 heteroatoms. The molecule has 0 spiro atoms. The highest BCUT2D eigenvalue weighted by atomic mass is 79.9. The number of hydrogen-bond acceptors (Lipinski definition) is 5. The maximum atomic E-state index is 12.4. The van der Waals surface area contributed by atoms with E-state index in [0.29, 0.717) is 16.8 Å². The van der Waals surface area contributed by atoms with Gasteiger partial charge in [-0.25, -0.2) is 13.2 Å². The third-order valence-corrected chi connectivity index (χ3v) is 7.01. The first-order chi connectivity index (χ1) is 8.82. The molecule has 1 aromatic heterocycles. The minimum absolute atomic E-state index is 0.00370. The van der Waals surface area contributed by atoms with Crippen LogP contribution in [-0.2, 0) is 10.0 Å². The molecule has 6 nitrogen and oxygen atoms in total. The molecule has 0 aromatic carbocycles. The van der Waals surface area contributed by atoms with E-state index in [9.17, 15) is 13.2 Å². The van der Waals surface area contributed by atoms with E-state index in [-0.39, 0.29) is 22.4 Å². The first-order valence-electron chi connectivity index (χ1n) is 5.60. The second-order valence-electron chi connectivity index (χ2n) is 4.32. The Morgan fingerprint density at radius 2 is 2.26 bits per heavy atom. The normalized spacial score (nSPS) is 21.5. The third-order valence-electron chi connectivity index (χ3n) is 2.90. The highest BCUT2D eigenvalue weighted by Crippen LogP contribution is 2.34. The molecule has 2 rings (SSSR count). The summed E-state index contributed by atoms with van der Waals surface area (Å²) in [5.74, 6) is -1.14. The first kappa shape index (κ1) is 14.9. The number of halogens is 1. The number of piperidine rings is 1. The van der Waals surface area contributed by atoms with Gasteiger partial charge >= 0.3 is 5.97 Å². The summed E-state index contributed by atoms with van der Waals surface area (Å²) >= 11 is 4.02. The fraction of sp³-hybridized carbons (Fsp3) is 0.500. The highest BCUT2D eigenvalue weighted by Gasteiger charge is 2.32. The predicted octanol–water partition coefficient (Wildman–Crippen LogP) is 1.32. The van der Waals surface area contributed by atoms with Gasteiger partial charge in [-0.1, -0.05) is 0 Å². The maximum absolute atomic E-state index is 12.4. The Kier molecular flexibility index (Phi) is 4.31. The lowest BCUT2D eigenvalue weighted by molar-refractivity contribution is 0.0702. The summed E-state index contributed by atoms with van der Waals surface area (Å²) < 4.78 is 26.5. The van der Waals surface area contributed by atoms with E-state index >= 15 is 0 Å². The number of carbonyl (C=O) groups is 1.